The molecular weight excluding hydrogens is 365 g/mol. The molecule has 0 saturated carbocycles. The summed E-state index contributed by atoms with van der Waals surface area (Å²) in [6.45, 7) is 4.13. The number of methoxy groups -OCH3 is 1. The second kappa shape index (κ2) is 7.93. The molecule has 1 aliphatic heterocycles. The first-order valence-corrected chi connectivity index (χ1v) is 8.96. The van der Waals surface area contributed by atoms with E-state index in [1.807, 2.05) is 6.92 Å². The zero-order valence-corrected chi connectivity index (χ0v) is 15.7. The maximum Gasteiger partial charge on any atom is 0.336 e. The highest BCUT2D eigenvalue weighted by Gasteiger charge is 2.30. The number of anilines is 1. The monoisotopic (exact) mass is 387 g/mol. The van der Waals surface area contributed by atoms with Gasteiger partial charge in [-0.25, -0.2) is 9.18 Å². The molecule has 1 aliphatic rings. The Morgan fingerprint density at radius 1 is 1.36 bits per heavy atom. The number of halogens is 1. The standard InChI is InChI=1S/C20H22FN3O4/c1-3-24-7-6-12-13(14-8-11(21)4-5-17(14)28-2)9-15(18(22)16(12)10-24)19(23-27)20(25)26/h4-5,8-9,19H,3,6-7,10,22H2,1-2H3,(H,25,26). The van der Waals surface area contributed by atoms with Crippen molar-refractivity contribution in [1.82, 2.24) is 4.90 Å². The van der Waals surface area contributed by atoms with Crippen LogP contribution in [0.3, 0.4) is 0 Å². The SMILES string of the molecule is CCN1CCc2c(-c3cc(F)ccc3OC)cc(C(N=O)C(=O)O)c(N)c2C1. The normalized spacial score (nSPS) is 15.0. The summed E-state index contributed by atoms with van der Waals surface area (Å²) in [5, 5.41) is 12.2. The molecule has 2 aromatic rings. The maximum atomic E-state index is 14.0. The largest absolute Gasteiger partial charge is 0.496 e. The van der Waals surface area contributed by atoms with Crippen LogP contribution in [-0.4, -0.2) is 36.2 Å². The van der Waals surface area contributed by atoms with Crippen LogP contribution in [-0.2, 0) is 17.8 Å². The average molecular weight is 387 g/mol. The van der Waals surface area contributed by atoms with Gasteiger partial charge in [0.05, 0.1) is 7.11 Å². The van der Waals surface area contributed by atoms with Gasteiger partial charge in [0.25, 0.3) is 0 Å². The molecule has 0 saturated heterocycles. The third-order valence-corrected chi connectivity index (χ3v) is 5.22. The van der Waals surface area contributed by atoms with Crippen molar-refractivity contribution in [3.05, 3.63) is 51.7 Å². The lowest BCUT2D eigenvalue weighted by molar-refractivity contribution is -0.138. The summed E-state index contributed by atoms with van der Waals surface area (Å²) >= 11 is 0. The Hall–Kier alpha value is -3.00. The number of ether oxygens (including phenoxy) is 1. The summed E-state index contributed by atoms with van der Waals surface area (Å²) in [6, 6.07) is 4.04. The Kier molecular flexibility index (Phi) is 5.60. The van der Waals surface area contributed by atoms with Crippen LogP contribution in [0.25, 0.3) is 11.1 Å². The molecule has 148 valence electrons. The van der Waals surface area contributed by atoms with Crippen LogP contribution in [0.2, 0.25) is 0 Å². The van der Waals surface area contributed by atoms with Gasteiger partial charge in [0.15, 0.2) is 0 Å². The minimum absolute atomic E-state index is 0.112. The summed E-state index contributed by atoms with van der Waals surface area (Å²) in [6.07, 6.45) is 0.662. The summed E-state index contributed by atoms with van der Waals surface area (Å²) in [4.78, 5) is 24.9. The molecule has 0 aliphatic carbocycles. The Morgan fingerprint density at radius 3 is 2.71 bits per heavy atom. The third-order valence-electron chi connectivity index (χ3n) is 5.22. The predicted molar refractivity (Wildman–Crippen MR) is 104 cm³/mol. The Morgan fingerprint density at radius 2 is 2.11 bits per heavy atom. The maximum absolute atomic E-state index is 14.0. The van der Waals surface area contributed by atoms with Crippen molar-refractivity contribution in [3.8, 4) is 16.9 Å². The Balaban J connectivity index is 2.32. The van der Waals surface area contributed by atoms with Gasteiger partial charge >= 0.3 is 5.97 Å². The number of likely N-dealkylation sites (N-methyl/N-ethyl adjacent to an activating group) is 1. The fraction of sp³-hybridized carbons (Fsp3) is 0.350. The molecule has 28 heavy (non-hydrogen) atoms. The molecule has 0 spiro atoms. The average Bonchev–Trinajstić information content (AvgIpc) is 2.69. The van der Waals surface area contributed by atoms with E-state index in [9.17, 15) is 19.2 Å². The van der Waals surface area contributed by atoms with E-state index in [4.69, 9.17) is 10.5 Å². The van der Waals surface area contributed by atoms with E-state index in [1.54, 1.807) is 0 Å². The molecular formula is C20H22FN3O4. The molecule has 7 nitrogen and oxygen atoms in total. The number of nitrogens with zero attached hydrogens (tertiary/aromatic N) is 2. The van der Waals surface area contributed by atoms with Gasteiger partial charge in [-0.1, -0.05) is 6.92 Å². The molecule has 0 aromatic heterocycles. The van der Waals surface area contributed by atoms with E-state index in [-0.39, 0.29) is 11.3 Å². The summed E-state index contributed by atoms with van der Waals surface area (Å²) < 4.78 is 19.4. The number of nitrogens with two attached hydrogens (primary N) is 1. The molecule has 0 bridgehead atoms. The number of carboxylic acids is 1. The van der Waals surface area contributed by atoms with Crippen LogP contribution < -0.4 is 10.5 Å². The highest BCUT2D eigenvalue weighted by molar-refractivity contribution is 5.84. The van der Waals surface area contributed by atoms with Crippen LogP contribution in [0.4, 0.5) is 10.1 Å². The van der Waals surface area contributed by atoms with Gasteiger partial charge in [0.1, 0.15) is 11.6 Å². The fourth-order valence-electron chi connectivity index (χ4n) is 3.72. The summed E-state index contributed by atoms with van der Waals surface area (Å²) in [5.74, 6) is -1.39. The van der Waals surface area contributed by atoms with Gasteiger partial charge in [0, 0.05) is 29.9 Å². The molecule has 3 N–H and O–H groups in total. The van der Waals surface area contributed by atoms with Gasteiger partial charge in [-0.2, -0.15) is 0 Å². The van der Waals surface area contributed by atoms with E-state index in [0.717, 1.165) is 24.2 Å². The van der Waals surface area contributed by atoms with Crippen LogP contribution in [0.5, 0.6) is 5.75 Å². The first kappa shape index (κ1) is 19.8. The smallest absolute Gasteiger partial charge is 0.336 e. The first-order chi connectivity index (χ1) is 13.4. The van der Waals surface area contributed by atoms with Gasteiger partial charge in [-0.05, 0) is 59.1 Å². The van der Waals surface area contributed by atoms with E-state index < -0.39 is 17.8 Å². The van der Waals surface area contributed by atoms with E-state index in [0.29, 0.717) is 29.8 Å². The quantitative estimate of drug-likeness (QED) is 0.582. The van der Waals surface area contributed by atoms with Gasteiger partial charge in [-0.3, -0.25) is 4.90 Å². The summed E-state index contributed by atoms with van der Waals surface area (Å²) in [5.41, 5.74) is 9.41. The van der Waals surface area contributed by atoms with Crippen LogP contribution in [0, 0.1) is 10.7 Å². The topological polar surface area (TPSA) is 105 Å². The predicted octanol–water partition coefficient (Wildman–Crippen LogP) is 3.35. The van der Waals surface area contributed by atoms with E-state index >= 15 is 0 Å². The Labute approximate surface area is 161 Å². The van der Waals surface area contributed by atoms with Gasteiger partial charge < -0.3 is 15.6 Å². The number of nitroso groups, excluding NO2 is 1. The van der Waals surface area contributed by atoms with Crippen molar-refractivity contribution in [2.24, 2.45) is 5.18 Å². The van der Waals surface area contributed by atoms with Crippen molar-refractivity contribution in [3.63, 3.8) is 0 Å². The highest BCUT2D eigenvalue weighted by Crippen LogP contribution is 2.42. The number of hydrogen-bond donors (Lipinski definition) is 2. The number of carbonyl (C=O) groups is 1. The van der Waals surface area contributed by atoms with Crippen molar-refractivity contribution >= 4 is 11.7 Å². The molecule has 1 unspecified atom stereocenters. The lowest BCUT2D eigenvalue weighted by Crippen LogP contribution is -2.31. The minimum Gasteiger partial charge on any atom is -0.496 e. The zero-order chi connectivity index (χ0) is 20.4. The number of nitrogen functional groups attached to an aromatic ring is 1. The number of hydrogen-bond acceptors (Lipinski definition) is 6. The molecule has 2 aromatic carbocycles. The molecule has 0 radical (unpaired) electrons. The third kappa shape index (κ3) is 3.43. The van der Waals surface area contributed by atoms with E-state index in [1.165, 1.54) is 31.4 Å². The molecule has 0 fully saturated rings. The second-order valence-corrected chi connectivity index (χ2v) is 6.69. The molecule has 1 atom stereocenters. The lowest BCUT2D eigenvalue weighted by atomic mass is 9.85. The van der Waals surface area contributed by atoms with Gasteiger partial charge in [-0.15, -0.1) is 4.91 Å². The zero-order valence-electron chi connectivity index (χ0n) is 15.7. The fourth-order valence-corrected chi connectivity index (χ4v) is 3.72. The van der Waals surface area contributed by atoms with Crippen LogP contribution in [0.1, 0.15) is 29.7 Å². The second-order valence-electron chi connectivity index (χ2n) is 6.69. The number of carboxylic acid groups (broad SMARTS) is 1. The Bertz CT molecular complexity index is 932. The molecule has 3 rings (SSSR count). The van der Waals surface area contributed by atoms with Crippen molar-refractivity contribution in [2.75, 3.05) is 25.9 Å². The number of fused-ring (bicyclic) bond motifs is 1. The molecule has 8 heteroatoms. The van der Waals surface area contributed by atoms with Gasteiger partial charge in [0.2, 0.25) is 6.04 Å². The van der Waals surface area contributed by atoms with Crippen molar-refractivity contribution < 1.29 is 19.0 Å². The number of benzene rings is 2. The van der Waals surface area contributed by atoms with Crippen molar-refractivity contribution in [1.29, 1.82) is 0 Å². The van der Waals surface area contributed by atoms with Crippen molar-refractivity contribution in [2.45, 2.75) is 25.9 Å². The highest BCUT2D eigenvalue weighted by atomic mass is 19.1. The summed E-state index contributed by atoms with van der Waals surface area (Å²) in [7, 11) is 1.48. The number of aliphatic carboxylic acids is 1. The van der Waals surface area contributed by atoms with Crippen LogP contribution in [0.15, 0.2) is 29.4 Å². The lowest BCUT2D eigenvalue weighted by Gasteiger charge is -2.31. The van der Waals surface area contributed by atoms with E-state index in [2.05, 4.69) is 10.1 Å². The number of rotatable bonds is 6. The first-order valence-electron chi connectivity index (χ1n) is 8.96. The molecule has 0 amide bonds. The van der Waals surface area contributed by atoms with Crippen LogP contribution >= 0.6 is 0 Å². The minimum atomic E-state index is -1.64. The molecule has 1 heterocycles.